The van der Waals surface area contributed by atoms with Crippen molar-refractivity contribution in [2.24, 2.45) is 0 Å². The molecule has 0 spiro atoms. The van der Waals surface area contributed by atoms with E-state index in [9.17, 15) is 0 Å². The number of hydrogen-bond acceptors (Lipinski definition) is 3. The van der Waals surface area contributed by atoms with Crippen molar-refractivity contribution in [2.75, 3.05) is 23.8 Å². The molecule has 90 valence electrons. The van der Waals surface area contributed by atoms with Crippen molar-refractivity contribution in [2.45, 2.75) is 50.8 Å². The Labute approximate surface area is 104 Å². The summed E-state index contributed by atoms with van der Waals surface area (Å²) in [6, 6.07) is 0.771. The number of nitrogens with one attached hydrogen (secondary N) is 1. The predicted octanol–water partition coefficient (Wildman–Crippen LogP) is 3.39. The second-order valence-corrected chi connectivity index (χ2v) is 6.81. The van der Waals surface area contributed by atoms with Crippen LogP contribution in [0.15, 0.2) is 0 Å². The zero-order chi connectivity index (χ0) is 10.9. The zero-order valence-electron chi connectivity index (χ0n) is 10.1. The highest BCUT2D eigenvalue weighted by Crippen LogP contribution is 2.23. The zero-order valence-corrected chi connectivity index (χ0v) is 11.8. The normalized spacial score (nSPS) is 22.2. The van der Waals surface area contributed by atoms with Crippen molar-refractivity contribution in [1.29, 1.82) is 0 Å². The minimum atomic E-state index is 0.771. The van der Waals surface area contributed by atoms with E-state index in [-0.39, 0.29) is 0 Å². The average Bonchev–Trinajstić information content (AvgIpc) is 2.28. The van der Waals surface area contributed by atoms with Gasteiger partial charge in [-0.1, -0.05) is 26.7 Å². The SMILES string of the molecule is CCCC(CCC)NCC1CSCCS1. The van der Waals surface area contributed by atoms with Crippen LogP contribution in [-0.2, 0) is 0 Å². The van der Waals surface area contributed by atoms with Gasteiger partial charge in [-0.25, -0.2) is 0 Å². The summed E-state index contributed by atoms with van der Waals surface area (Å²) in [4.78, 5) is 0. The summed E-state index contributed by atoms with van der Waals surface area (Å²) in [5.74, 6) is 4.06. The molecule has 0 bridgehead atoms. The van der Waals surface area contributed by atoms with Crippen molar-refractivity contribution in [3.8, 4) is 0 Å². The summed E-state index contributed by atoms with van der Waals surface area (Å²) in [5.41, 5.74) is 0. The van der Waals surface area contributed by atoms with Crippen LogP contribution in [0.4, 0.5) is 0 Å². The molecule has 0 aromatic carbocycles. The van der Waals surface area contributed by atoms with E-state index < -0.39 is 0 Å². The second kappa shape index (κ2) is 8.77. The van der Waals surface area contributed by atoms with Crippen LogP contribution < -0.4 is 5.32 Å². The third-order valence-corrected chi connectivity index (χ3v) is 5.64. The summed E-state index contributed by atoms with van der Waals surface area (Å²) >= 11 is 4.28. The molecule has 1 N–H and O–H groups in total. The first-order chi connectivity index (χ1) is 7.36. The van der Waals surface area contributed by atoms with Gasteiger partial charge in [0.05, 0.1) is 0 Å². The van der Waals surface area contributed by atoms with Crippen molar-refractivity contribution in [3.63, 3.8) is 0 Å². The lowest BCUT2D eigenvalue weighted by Crippen LogP contribution is -2.36. The monoisotopic (exact) mass is 247 g/mol. The summed E-state index contributed by atoms with van der Waals surface area (Å²) in [6.07, 6.45) is 5.31. The average molecular weight is 247 g/mol. The lowest BCUT2D eigenvalue weighted by atomic mass is 10.1. The van der Waals surface area contributed by atoms with Crippen LogP contribution in [0.25, 0.3) is 0 Å². The van der Waals surface area contributed by atoms with Gasteiger partial charge >= 0.3 is 0 Å². The van der Waals surface area contributed by atoms with Crippen molar-refractivity contribution in [1.82, 2.24) is 5.32 Å². The first-order valence-corrected chi connectivity index (χ1v) is 8.49. The molecule has 1 unspecified atom stereocenters. The minimum Gasteiger partial charge on any atom is -0.313 e. The number of thioether (sulfide) groups is 2. The van der Waals surface area contributed by atoms with Crippen LogP contribution in [-0.4, -0.2) is 35.1 Å². The van der Waals surface area contributed by atoms with Gasteiger partial charge in [0.25, 0.3) is 0 Å². The van der Waals surface area contributed by atoms with Crippen LogP contribution in [0.3, 0.4) is 0 Å². The molecule has 0 aliphatic carbocycles. The Morgan fingerprint density at radius 2 is 1.93 bits per heavy atom. The fraction of sp³-hybridized carbons (Fsp3) is 1.00. The molecule has 0 amide bonds. The smallest absolute Gasteiger partial charge is 0.0263 e. The molecule has 1 saturated heterocycles. The van der Waals surface area contributed by atoms with Gasteiger partial charge in [0.2, 0.25) is 0 Å². The molecule has 1 atom stereocenters. The molecular formula is C12H25NS2. The van der Waals surface area contributed by atoms with Gasteiger partial charge in [0, 0.05) is 35.1 Å². The number of rotatable bonds is 7. The number of hydrogen-bond donors (Lipinski definition) is 1. The van der Waals surface area contributed by atoms with Crippen LogP contribution >= 0.6 is 23.5 Å². The van der Waals surface area contributed by atoms with E-state index in [1.54, 1.807) is 0 Å². The van der Waals surface area contributed by atoms with Crippen molar-refractivity contribution >= 4 is 23.5 Å². The van der Waals surface area contributed by atoms with Gasteiger partial charge in [-0.05, 0) is 12.8 Å². The van der Waals surface area contributed by atoms with E-state index in [0.29, 0.717) is 0 Å². The third kappa shape index (κ3) is 6.08. The lowest BCUT2D eigenvalue weighted by Gasteiger charge is -2.24. The maximum Gasteiger partial charge on any atom is 0.0263 e. The van der Waals surface area contributed by atoms with Crippen LogP contribution in [0.2, 0.25) is 0 Å². The third-order valence-electron chi connectivity index (χ3n) is 2.79. The Balaban J connectivity index is 2.13. The van der Waals surface area contributed by atoms with Gasteiger partial charge in [-0.2, -0.15) is 23.5 Å². The molecule has 1 aliphatic heterocycles. The van der Waals surface area contributed by atoms with Gasteiger partial charge in [-0.15, -0.1) is 0 Å². The predicted molar refractivity (Wildman–Crippen MR) is 75.2 cm³/mol. The summed E-state index contributed by atoms with van der Waals surface area (Å²) < 4.78 is 0. The van der Waals surface area contributed by atoms with E-state index in [0.717, 1.165) is 11.3 Å². The molecule has 1 nitrogen and oxygen atoms in total. The van der Waals surface area contributed by atoms with Crippen molar-refractivity contribution < 1.29 is 0 Å². The van der Waals surface area contributed by atoms with Crippen LogP contribution in [0.5, 0.6) is 0 Å². The Morgan fingerprint density at radius 3 is 2.47 bits per heavy atom. The van der Waals surface area contributed by atoms with Gasteiger partial charge in [-0.3, -0.25) is 0 Å². The fourth-order valence-electron chi connectivity index (χ4n) is 2.00. The van der Waals surface area contributed by atoms with Crippen molar-refractivity contribution in [3.05, 3.63) is 0 Å². The Hall–Kier alpha value is 0.660. The molecule has 3 heteroatoms. The summed E-state index contributed by atoms with van der Waals surface area (Å²) in [6.45, 7) is 5.80. The molecule has 1 aliphatic rings. The molecule has 0 saturated carbocycles. The molecule has 0 aromatic heterocycles. The maximum atomic E-state index is 3.76. The van der Waals surface area contributed by atoms with E-state index in [1.165, 1.54) is 49.5 Å². The highest BCUT2D eigenvalue weighted by Gasteiger charge is 2.15. The molecule has 0 aromatic rings. The first kappa shape index (κ1) is 13.7. The van der Waals surface area contributed by atoms with E-state index in [4.69, 9.17) is 0 Å². The highest BCUT2D eigenvalue weighted by molar-refractivity contribution is 8.06. The molecule has 1 rings (SSSR count). The second-order valence-electron chi connectivity index (χ2n) is 4.25. The molecule has 0 radical (unpaired) electrons. The van der Waals surface area contributed by atoms with Gasteiger partial charge in [0.1, 0.15) is 0 Å². The topological polar surface area (TPSA) is 12.0 Å². The van der Waals surface area contributed by atoms with Gasteiger partial charge < -0.3 is 5.32 Å². The first-order valence-electron chi connectivity index (χ1n) is 6.29. The van der Waals surface area contributed by atoms with E-state index in [2.05, 4.69) is 42.7 Å². The van der Waals surface area contributed by atoms with Gasteiger partial charge in [0.15, 0.2) is 0 Å². The van der Waals surface area contributed by atoms with E-state index >= 15 is 0 Å². The summed E-state index contributed by atoms with van der Waals surface area (Å²) in [7, 11) is 0. The molecular weight excluding hydrogens is 222 g/mol. The quantitative estimate of drug-likeness (QED) is 0.740. The molecule has 1 heterocycles. The Kier molecular flexibility index (Phi) is 8.02. The van der Waals surface area contributed by atoms with Crippen LogP contribution in [0, 0.1) is 0 Å². The van der Waals surface area contributed by atoms with E-state index in [1.807, 2.05) is 0 Å². The van der Waals surface area contributed by atoms with Crippen LogP contribution in [0.1, 0.15) is 39.5 Å². The molecule has 1 fully saturated rings. The largest absolute Gasteiger partial charge is 0.313 e. The Morgan fingerprint density at radius 1 is 1.20 bits per heavy atom. The minimum absolute atomic E-state index is 0.771. The lowest BCUT2D eigenvalue weighted by molar-refractivity contribution is 0.447. The molecule has 15 heavy (non-hydrogen) atoms. The highest BCUT2D eigenvalue weighted by atomic mass is 32.2. The maximum absolute atomic E-state index is 3.76. The fourth-order valence-corrected chi connectivity index (χ4v) is 4.62. The standard InChI is InChI=1S/C12H25NS2/c1-3-5-11(6-4-2)13-9-12-10-14-7-8-15-12/h11-13H,3-10H2,1-2H3. The summed E-state index contributed by atoms with van der Waals surface area (Å²) in [5, 5.41) is 4.62. The Bertz CT molecular complexity index is 141.